The second kappa shape index (κ2) is 8.06. The quantitative estimate of drug-likeness (QED) is 0.593. The maximum Gasteiger partial charge on any atom is 0.186 e. The molecule has 0 aromatic heterocycles. The van der Waals surface area contributed by atoms with Crippen LogP contribution in [0.15, 0.2) is 40.5 Å². The van der Waals surface area contributed by atoms with Crippen LogP contribution in [0.25, 0.3) is 0 Å². The average Bonchev–Trinajstić information content (AvgIpc) is 3.23. The third-order valence-electron chi connectivity index (χ3n) is 4.91. The lowest BCUT2D eigenvalue weighted by molar-refractivity contribution is -0.0468. The first-order chi connectivity index (χ1) is 13.2. The van der Waals surface area contributed by atoms with E-state index in [2.05, 4.69) is 16.3 Å². The van der Waals surface area contributed by atoms with Gasteiger partial charge in [-0.3, -0.25) is 0 Å². The van der Waals surface area contributed by atoms with E-state index in [1.54, 1.807) is 6.21 Å². The van der Waals surface area contributed by atoms with Gasteiger partial charge in [-0.05, 0) is 48.4 Å². The summed E-state index contributed by atoms with van der Waals surface area (Å²) in [5.41, 5.74) is 3.78. The van der Waals surface area contributed by atoms with Crippen LogP contribution in [0, 0.1) is 11.6 Å². The summed E-state index contributed by atoms with van der Waals surface area (Å²) < 4.78 is 38.9. The number of aryl methyl sites for hydroxylation is 1. The molecule has 0 atom stereocenters. The van der Waals surface area contributed by atoms with Crippen molar-refractivity contribution in [3.63, 3.8) is 0 Å². The Morgan fingerprint density at radius 3 is 2.41 bits per heavy atom. The Morgan fingerprint density at radius 1 is 0.852 bits per heavy atom. The van der Waals surface area contributed by atoms with Gasteiger partial charge in [0.05, 0.1) is 25.6 Å². The molecule has 6 heteroatoms. The molecular formula is C21H20F2N2O2. The maximum atomic E-state index is 14.3. The third kappa shape index (κ3) is 3.82. The Balaban J connectivity index is 1.50. The van der Waals surface area contributed by atoms with E-state index in [0.29, 0.717) is 13.2 Å². The van der Waals surface area contributed by atoms with Gasteiger partial charge >= 0.3 is 0 Å². The highest BCUT2D eigenvalue weighted by Gasteiger charge is 2.24. The second-order valence-corrected chi connectivity index (χ2v) is 6.63. The number of ether oxygens (including phenoxy) is 2. The summed E-state index contributed by atoms with van der Waals surface area (Å²) in [5, 5.41) is 7.91. The molecule has 2 aromatic rings. The maximum absolute atomic E-state index is 14.3. The molecule has 0 amide bonds. The zero-order valence-electron chi connectivity index (χ0n) is 14.8. The molecule has 1 fully saturated rings. The highest BCUT2D eigenvalue weighted by molar-refractivity contribution is 5.84. The van der Waals surface area contributed by atoms with Crippen molar-refractivity contribution in [1.82, 2.24) is 0 Å². The second-order valence-electron chi connectivity index (χ2n) is 6.63. The molecule has 140 valence electrons. The van der Waals surface area contributed by atoms with E-state index in [1.807, 2.05) is 12.1 Å². The van der Waals surface area contributed by atoms with Gasteiger partial charge in [0.15, 0.2) is 17.9 Å². The number of hydrogen-bond donors (Lipinski definition) is 0. The van der Waals surface area contributed by atoms with Crippen LogP contribution in [0.5, 0.6) is 0 Å². The number of hydrogen-bond acceptors (Lipinski definition) is 4. The molecule has 0 spiro atoms. The number of rotatable bonds is 4. The smallest absolute Gasteiger partial charge is 0.186 e. The molecule has 0 bridgehead atoms. The van der Waals surface area contributed by atoms with Crippen molar-refractivity contribution in [3.8, 4) is 0 Å². The molecule has 2 aliphatic rings. The average molecular weight is 370 g/mol. The highest BCUT2D eigenvalue weighted by Crippen LogP contribution is 2.28. The van der Waals surface area contributed by atoms with E-state index in [0.717, 1.165) is 18.4 Å². The molecule has 0 radical (unpaired) electrons. The molecule has 0 unspecified atom stereocenters. The van der Waals surface area contributed by atoms with Crippen LogP contribution >= 0.6 is 0 Å². The van der Waals surface area contributed by atoms with Crippen molar-refractivity contribution in [3.05, 3.63) is 69.8 Å². The van der Waals surface area contributed by atoms with Gasteiger partial charge < -0.3 is 9.47 Å². The lowest BCUT2D eigenvalue weighted by Crippen LogP contribution is -2.06. The van der Waals surface area contributed by atoms with Crippen LogP contribution in [0.2, 0.25) is 0 Å². The molecule has 1 saturated heterocycles. The first kappa shape index (κ1) is 17.9. The van der Waals surface area contributed by atoms with Gasteiger partial charge in [-0.15, -0.1) is 0 Å². The van der Waals surface area contributed by atoms with Crippen molar-refractivity contribution in [1.29, 1.82) is 0 Å². The van der Waals surface area contributed by atoms with Gasteiger partial charge in [0, 0.05) is 11.1 Å². The van der Waals surface area contributed by atoms with Crippen molar-refractivity contribution in [2.45, 2.75) is 32.0 Å². The predicted octanol–water partition coefficient (Wildman–Crippen LogP) is 4.34. The fourth-order valence-corrected chi connectivity index (χ4v) is 3.52. The van der Waals surface area contributed by atoms with Crippen molar-refractivity contribution < 1.29 is 18.3 Å². The fraction of sp³-hybridized carbons (Fsp3) is 0.333. The summed E-state index contributed by atoms with van der Waals surface area (Å²) in [7, 11) is 0. The normalized spacial score (nSPS) is 17.9. The van der Waals surface area contributed by atoms with Gasteiger partial charge in [-0.1, -0.05) is 24.3 Å². The summed E-state index contributed by atoms with van der Waals surface area (Å²) in [6, 6.07) is 9.05. The lowest BCUT2D eigenvalue weighted by Gasteiger charge is -2.17. The zero-order valence-corrected chi connectivity index (χ0v) is 14.8. The highest BCUT2D eigenvalue weighted by atomic mass is 19.2. The minimum atomic E-state index is -0.984. The van der Waals surface area contributed by atoms with Crippen LogP contribution in [0.4, 0.5) is 8.78 Å². The largest absolute Gasteiger partial charge is 0.346 e. The molecule has 1 heterocycles. The fourth-order valence-electron chi connectivity index (χ4n) is 3.52. The molecule has 1 aliphatic heterocycles. The molecular weight excluding hydrogens is 350 g/mol. The lowest BCUT2D eigenvalue weighted by atomic mass is 9.89. The first-order valence-electron chi connectivity index (χ1n) is 9.12. The SMILES string of the molecule is Fc1c(/C=N/N=C/c2cccc3c2CCCC3)ccc(C2OCCO2)c1F. The van der Waals surface area contributed by atoms with Crippen LogP contribution in [-0.2, 0) is 22.3 Å². The van der Waals surface area contributed by atoms with E-state index in [-0.39, 0.29) is 11.1 Å². The summed E-state index contributed by atoms with van der Waals surface area (Å²) in [4.78, 5) is 0. The molecule has 0 N–H and O–H groups in total. The zero-order chi connectivity index (χ0) is 18.6. The van der Waals surface area contributed by atoms with E-state index in [4.69, 9.17) is 9.47 Å². The van der Waals surface area contributed by atoms with Gasteiger partial charge in [0.1, 0.15) is 0 Å². The Bertz CT molecular complexity index is 890. The van der Waals surface area contributed by atoms with Crippen LogP contribution in [0.3, 0.4) is 0 Å². The minimum absolute atomic E-state index is 0.0292. The minimum Gasteiger partial charge on any atom is -0.346 e. The number of nitrogens with zero attached hydrogens (tertiary/aromatic N) is 2. The van der Waals surface area contributed by atoms with Gasteiger partial charge in [0.25, 0.3) is 0 Å². The molecule has 27 heavy (non-hydrogen) atoms. The van der Waals surface area contributed by atoms with Gasteiger partial charge in [-0.25, -0.2) is 8.78 Å². The summed E-state index contributed by atoms with van der Waals surface area (Å²) in [6.07, 6.45) is 6.54. The van der Waals surface area contributed by atoms with E-state index >= 15 is 0 Å². The molecule has 4 nitrogen and oxygen atoms in total. The van der Waals surface area contributed by atoms with Crippen molar-refractivity contribution >= 4 is 12.4 Å². The Hall–Kier alpha value is -2.44. The van der Waals surface area contributed by atoms with Crippen LogP contribution in [0.1, 0.15) is 46.9 Å². The Kier molecular flexibility index (Phi) is 5.36. The summed E-state index contributed by atoms with van der Waals surface area (Å²) in [5.74, 6) is -1.96. The van der Waals surface area contributed by atoms with Crippen LogP contribution < -0.4 is 0 Å². The first-order valence-corrected chi connectivity index (χ1v) is 9.12. The topological polar surface area (TPSA) is 43.2 Å². The van der Waals surface area contributed by atoms with Gasteiger partial charge in [0.2, 0.25) is 0 Å². The van der Waals surface area contributed by atoms with Gasteiger partial charge in [-0.2, -0.15) is 10.2 Å². The summed E-state index contributed by atoms with van der Waals surface area (Å²) in [6.45, 7) is 0.736. The Labute approximate surface area is 156 Å². The monoisotopic (exact) mass is 370 g/mol. The van der Waals surface area contributed by atoms with Crippen molar-refractivity contribution in [2.24, 2.45) is 10.2 Å². The van der Waals surface area contributed by atoms with E-state index in [9.17, 15) is 8.78 Å². The standard InChI is InChI=1S/C21H20F2N2O2/c22-19-16(8-9-18(20(19)23)21-26-10-11-27-21)13-25-24-12-15-6-3-5-14-4-1-2-7-17(14)15/h3,5-6,8-9,12-13,21H,1-2,4,7,10-11H2/b24-12+,25-13+. The molecule has 2 aromatic carbocycles. The number of halogens is 2. The van der Waals surface area contributed by atoms with Crippen molar-refractivity contribution in [2.75, 3.05) is 13.2 Å². The van der Waals surface area contributed by atoms with Crippen LogP contribution in [-0.4, -0.2) is 25.6 Å². The Morgan fingerprint density at radius 2 is 1.59 bits per heavy atom. The third-order valence-corrected chi connectivity index (χ3v) is 4.91. The number of benzene rings is 2. The molecule has 0 saturated carbocycles. The van der Waals surface area contributed by atoms with E-state index < -0.39 is 17.9 Å². The molecule has 4 rings (SSSR count). The molecule has 1 aliphatic carbocycles. The summed E-state index contributed by atoms with van der Waals surface area (Å²) >= 11 is 0. The number of fused-ring (bicyclic) bond motifs is 1. The van der Waals surface area contributed by atoms with E-state index in [1.165, 1.54) is 42.3 Å². The predicted molar refractivity (Wildman–Crippen MR) is 99.3 cm³/mol.